The molecule has 0 aromatic heterocycles. The van der Waals surface area contributed by atoms with Crippen LogP contribution >= 0.6 is 24.0 Å². The molecule has 0 fully saturated rings. The van der Waals surface area contributed by atoms with E-state index in [0.717, 1.165) is 21.9 Å². The second kappa shape index (κ2) is 5.37. The van der Waals surface area contributed by atoms with Crippen molar-refractivity contribution in [2.24, 2.45) is 5.73 Å². The Hall–Kier alpha value is -0.740. The van der Waals surface area contributed by atoms with Gasteiger partial charge in [-0.15, -0.1) is 11.8 Å². The number of hydrogen-bond donors (Lipinski definition) is 1. The van der Waals surface area contributed by atoms with Crippen molar-refractivity contribution < 1.29 is 0 Å². The highest BCUT2D eigenvalue weighted by molar-refractivity contribution is 7.99. The quantitative estimate of drug-likeness (QED) is 0.647. The lowest BCUT2D eigenvalue weighted by Crippen LogP contribution is -2.18. The first-order valence-corrected chi connectivity index (χ1v) is 6.20. The van der Waals surface area contributed by atoms with Crippen molar-refractivity contribution >= 4 is 34.7 Å². The number of rotatable bonds is 4. The molecule has 0 radical (unpaired) electrons. The third-order valence-electron chi connectivity index (χ3n) is 2.03. The lowest BCUT2D eigenvalue weighted by atomic mass is 10.1. The maximum Gasteiger partial charge on any atom is 0.107 e. The molecule has 1 rings (SSSR count). The SMILES string of the molecule is CCSc1cccc(N(C)C)c1C(N)=S. The lowest BCUT2D eigenvalue weighted by Gasteiger charge is -2.19. The van der Waals surface area contributed by atoms with Crippen LogP contribution in [0, 0.1) is 0 Å². The summed E-state index contributed by atoms with van der Waals surface area (Å²) >= 11 is 6.88. The van der Waals surface area contributed by atoms with Gasteiger partial charge in [0.25, 0.3) is 0 Å². The van der Waals surface area contributed by atoms with Gasteiger partial charge in [0.2, 0.25) is 0 Å². The molecule has 0 amide bonds. The van der Waals surface area contributed by atoms with E-state index in [4.69, 9.17) is 18.0 Å². The molecule has 0 aliphatic heterocycles. The summed E-state index contributed by atoms with van der Waals surface area (Å²) < 4.78 is 0. The molecule has 0 aliphatic carbocycles. The second-order valence-corrected chi connectivity index (χ2v) is 5.09. The average molecular weight is 240 g/mol. The Kier molecular flexibility index (Phi) is 4.42. The average Bonchev–Trinajstić information content (AvgIpc) is 2.17. The lowest BCUT2D eigenvalue weighted by molar-refractivity contribution is 1.12. The normalized spacial score (nSPS) is 10.1. The molecule has 0 spiro atoms. The Morgan fingerprint density at radius 1 is 1.47 bits per heavy atom. The molecular weight excluding hydrogens is 224 g/mol. The van der Waals surface area contributed by atoms with Crippen molar-refractivity contribution in [2.75, 3.05) is 24.7 Å². The molecule has 82 valence electrons. The molecule has 0 atom stereocenters. The summed E-state index contributed by atoms with van der Waals surface area (Å²) in [6, 6.07) is 6.14. The van der Waals surface area contributed by atoms with E-state index in [0.29, 0.717) is 4.99 Å². The first-order valence-electron chi connectivity index (χ1n) is 4.80. The minimum atomic E-state index is 0.468. The van der Waals surface area contributed by atoms with E-state index in [1.807, 2.05) is 31.1 Å². The van der Waals surface area contributed by atoms with Gasteiger partial charge in [-0.1, -0.05) is 25.2 Å². The van der Waals surface area contributed by atoms with Crippen LogP contribution in [0.15, 0.2) is 23.1 Å². The largest absolute Gasteiger partial charge is 0.389 e. The molecule has 1 aromatic carbocycles. The van der Waals surface area contributed by atoms with Crippen LogP contribution < -0.4 is 10.6 Å². The van der Waals surface area contributed by atoms with Gasteiger partial charge in [0.05, 0.1) is 0 Å². The summed E-state index contributed by atoms with van der Waals surface area (Å²) in [6.07, 6.45) is 0. The minimum absolute atomic E-state index is 0.468. The third-order valence-corrected chi connectivity index (χ3v) is 3.18. The van der Waals surface area contributed by atoms with E-state index < -0.39 is 0 Å². The highest BCUT2D eigenvalue weighted by Gasteiger charge is 2.11. The number of anilines is 1. The number of thioether (sulfide) groups is 1. The Bertz CT molecular complexity index is 362. The standard InChI is InChI=1S/C11H16N2S2/c1-4-15-9-7-5-6-8(13(2)3)10(9)11(12)14/h5-7H,4H2,1-3H3,(H2,12,14). The van der Waals surface area contributed by atoms with E-state index in [1.54, 1.807) is 11.8 Å². The molecule has 15 heavy (non-hydrogen) atoms. The predicted octanol–water partition coefficient (Wildman–Crippen LogP) is 2.50. The van der Waals surface area contributed by atoms with Gasteiger partial charge in [-0.05, 0) is 17.9 Å². The van der Waals surface area contributed by atoms with E-state index in [-0.39, 0.29) is 0 Å². The van der Waals surface area contributed by atoms with Crippen LogP contribution in [0.5, 0.6) is 0 Å². The first-order chi connectivity index (χ1) is 7.07. The fourth-order valence-electron chi connectivity index (χ4n) is 1.42. The topological polar surface area (TPSA) is 29.3 Å². The Morgan fingerprint density at radius 3 is 2.60 bits per heavy atom. The fraction of sp³-hybridized carbons (Fsp3) is 0.364. The molecular formula is C11H16N2S2. The smallest absolute Gasteiger partial charge is 0.107 e. The summed E-state index contributed by atoms with van der Waals surface area (Å²) in [7, 11) is 4.00. The van der Waals surface area contributed by atoms with Crippen LogP contribution in [-0.2, 0) is 0 Å². The molecule has 4 heteroatoms. The molecule has 1 aromatic rings. The maximum absolute atomic E-state index is 5.77. The summed E-state index contributed by atoms with van der Waals surface area (Å²) in [6.45, 7) is 2.12. The van der Waals surface area contributed by atoms with Crippen LogP contribution in [0.1, 0.15) is 12.5 Å². The predicted molar refractivity (Wildman–Crippen MR) is 73.1 cm³/mol. The van der Waals surface area contributed by atoms with Gasteiger partial charge in [-0.2, -0.15) is 0 Å². The Balaban J connectivity index is 3.28. The molecule has 0 bridgehead atoms. The number of thiocarbonyl (C=S) groups is 1. The molecule has 0 saturated heterocycles. The van der Waals surface area contributed by atoms with Gasteiger partial charge >= 0.3 is 0 Å². The van der Waals surface area contributed by atoms with Gasteiger partial charge in [0, 0.05) is 30.2 Å². The number of nitrogens with two attached hydrogens (primary N) is 1. The zero-order chi connectivity index (χ0) is 11.4. The molecule has 2 nitrogen and oxygen atoms in total. The van der Waals surface area contributed by atoms with E-state index in [1.165, 1.54) is 0 Å². The summed E-state index contributed by atoms with van der Waals surface area (Å²) in [5.41, 5.74) is 7.85. The fourth-order valence-corrected chi connectivity index (χ4v) is 2.54. The van der Waals surface area contributed by atoms with Crippen LogP contribution in [0.4, 0.5) is 5.69 Å². The van der Waals surface area contributed by atoms with E-state index in [2.05, 4.69) is 13.0 Å². The van der Waals surface area contributed by atoms with Crippen molar-refractivity contribution in [3.05, 3.63) is 23.8 Å². The van der Waals surface area contributed by atoms with Crippen LogP contribution in [0.2, 0.25) is 0 Å². The highest BCUT2D eigenvalue weighted by Crippen LogP contribution is 2.29. The van der Waals surface area contributed by atoms with Crippen molar-refractivity contribution in [3.63, 3.8) is 0 Å². The van der Waals surface area contributed by atoms with Gasteiger partial charge in [0.1, 0.15) is 4.99 Å². The van der Waals surface area contributed by atoms with Crippen LogP contribution in [0.3, 0.4) is 0 Å². The zero-order valence-electron chi connectivity index (χ0n) is 9.28. The monoisotopic (exact) mass is 240 g/mol. The Morgan fingerprint density at radius 2 is 2.13 bits per heavy atom. The van der Waals surface area contributed by atoms with Crippen LogP contribution in [0.25, 0.3) is 0 Å². The van der Waals surface area contributed by atoms with Gasteiger partial charge < -0.3 is 10.6 Å². The summed E-state index contributed by atoms with van der Waals surface area (Å²) in [4.78, 5) is 3.67. The maximum atomic E-state index is 5.77. The minimum Gasteiger partial charge on any atom is -0.389 e. The molecule has 2 N–H and O–H groups in total. The number of hydrogen-bond acceptors (Lipinski definition) is 3. The van der Waals surface area contributed by atoms with E-state index >= 15 is 0 Å². The third kappa shape index (κ3) is 2.86. The summed E-state index contributed by atoms with van der Waals surface area (Å²) in [5, 5.41) is 0. The molecule has 0 heterocycles. The second-order valence-electron chi connectivity index (χ2n) is 3.34. The van der Waals surface area contributed by atoms with Gasteiger partial charge in [-0.3, -0.25) is 0 Å². The highest BCUT2D eigenvalue weighted by atomic mass is 32.2. The van der Waals surface area contributed by atoms with Crippen molar-refractivity contribution in [1.29, 1.82) is 0 Å². The van der Waals surface area contributed by atoms with Crippen molar-refractivity contribution in [2.45, 2.75) is 11.8 Å². The first kappa shape index (κ1) is 12.3. The van der Waals surface area contributed by atoms with Gasteiger partial charge in [0.15, 0.2) is 0 Å². The number of nitrogens with zero attached hydrogens (tertiary/aromatic N) is 1. The number of benzene rings is 1. The molecule has 0 aliphatic rings. The van der Waals surface area contributed by atoms with Crippen LogP contribution in [-0.4, -0.2) is 24.8 Å². The van der Waals surface area contributed by atoms with Gasteiger partial charge in [-0.25, -0.2) is 0 Å². The molecule has 0 saturated carbocycles. The van der Waals surface area contributed by atoms with Crippen molar-refractivity contribution in [1.82, 2.24) is 0 Å². The molecule has 0 unspecified atom stereocenters. The van der Waals surface area contributed by atoms with Crippen molar-refractivity contribution in [3.8, 4) is 0 Å². The summed E-state index contributed by atoms with van der Waals surface area (Å²) in [5.74, 6) is 1.02. The zero-order valence-corrected chi connectivity index (χ0v) is 10.9. The van der Waals surface area contributed by atoms with E-state index in [9.17, 15) is 0 Å². The Labute approximate surface area is 101 Å².